The molecule has 2 rings (SSSR count). The highest BCUT2D eigenvalue weighted by Crippen LogP contribution is 2.20. The van der Waals surface area contributed by atoms with Gasteiger partial charge in [0.1, 0.15) is 11.6 Å². The van der Waals surface area contributed by atoms with E-state index in [1.54, 1.807) is 24.3 Å². The van der Waals surface area contributed by atoms with Gasteiger partial charge in [-0.2, -0.15) is 0 Å². The molecule has 18 heavy (non-hydrogen) atoms. The van der Waals surface area contributed by atoms with Gasteiger partial charge in [-0.1, -0.05) is 15.9 Å². The van der Waals surface area contributed by atoms with Gasteiger partial charge in [0.05, 0.1) is 5.56 Å². The van der Waals surface area contributed by atoms with E-state index in [4.69, 9.17) is 0 Å². The second kappa shape index (κ2) is 5.18. The molecule has 0 fully saturated rings. The number of phenols is 1. The Kier molecular flexibility index (Phi) is 3.62. The number of carbonyl (C=O) groups excluding carboxylic acids is 1. The first-order valence-electron chi connectivity index (χ1n) is 5.12. The van der Waals surface area contributed by atoms with Crippen molar-refractivity contribution in [3.63, 3.8) is 0 Å². The van der Waals surface area contributed by atoms with Gasteiger partial charge in [-0.25, -0.2) is 4.39 Å². The molecule has 0 aromatic heterocycles. The maximum atomic E-state index is 13.0. The summed E-state index contributed by atoms with van der Waals surface area (Å²) < 4.78 is 13.9. The Bertz CT molecular complexity index is 584. The highest BCUT2D eigenvalue weighted by molar-refractivity contribution is 9.10. The molecule has 0 aliphatic rings. The van der Waals surface area contributed by atoms with Crippen LogP contribution in [-0.4, -0.2) is 11.0 Å². The van der Waals surface area contributed by atoms with E-state index in [-0.39, 0.29) is 11.3 Å². The van der Waals surface area contributed by atoms with Crippen molar-refractivity contribution in [2.24, 2.45) is 0 Å². The smallest absolute Gasteiger partial charge is 0.259 e. The summed E-state index contributed by atoms with van der Waals surface area (Å²) in [4.78, 5) is 11.8. The van der Waals surface area contributed by atoms with E-state index >= 15 is 0 Å². The first-order valence-corrected chi connectivity index (χ1v) is 5.91. The average Bonchev–Trinajstić information content (AvgIpc) is 2.35. The molecule has 0 unspecified atom stereocenters. The van der Waals surface area contributed by atoms with Gasteiger partial charge in [0.2, 0.25) is 0 Å². The molecule has 0 saturated heterocycles. The fraction of sp³-hybridized carbons (Fsp3) is 0. The summed E-state index contributed by atoms with van der Waals surface area (Å²) in [6, 6.07) is 10.1. The highest BCUT2D eigenvalue weighted by Gasteiger charge is 2.12. The molecule has 2 N–H and O–H groups in total. The van der Waals surface area contributed by atoms with Crippen LogP contribution < -0.4 is 5.32 Å². The van der Waals surface area contributed by atoms with Crippen LogP contribution in [0.15, 0.2) is 46.9 Å². The first-order chi connectivity index (χ1) is 8.56. The Morgan fingerprint density at radius 3 is 2.50 bits per heavy atom. The van der Waals surface area contributed by atoms with Crippen LogP contribution in [0.2, 0.25) is 0 Å². The number of nitrogens with one attached hydrogen (secondary N) is 1. The minimum atomic E-state index is -0.575. The van der Waals surface area contributed by atoms with Crippen LogP contribution >= 0.6 is 15.9 Å². The molecule has 2 aromatic carbocycles. The Labute approximate surface area is 111 Å². The van der Waals surface area contributed by atoms with Crippen LogP contribution in [-0.2, 0) is 0 Å². The number of anilines is 1. The third-order valence-electron chi connectivity index (χ3n) is 2.31. The van der Waals surface area contributed by atoms with Gasteiger partial charge in [0.25, 0.3) is 5.91 Å². The standard InChI is InChI=1S/C13H9BrFNO2/c14-8-1-4-10(5-2-8)16-13(18)11-7-9(15)3-6-12(11)17/h1-7,17H,(H,16,18). The van der Waals surface area contributed by atoms with E-state index in [0.29, 0.717) is 5.69 Å². The molecule has 0 saturated carbocycles. The summed E-state index contributed by atoms with van der Waals surface area (Å²) in [5.74, 6) is -1.39. The summed E-state index contributed by atoms with van der Waals surface area (Å²) in [6.45, 7) is 0. The zero-order valence-corrected chi connectivity index (χ0v) is 10.7. The van der Waals surface area contributed by atoms with Gasteiger partial charge in [-0.15, -0.1) is 0 Å². The van der Waals surface area contributed by atoms with Crippen molar-refractivity contribution in [2.45, 2.75) is 0 Å². The third kappa shape index (κ3) is 2.87. The molecule has 0 atom stereocenters. The van der Waals surface area contributed by atoms with Crippen molar-refractivity contribution in [1.82, 2.24) is 0 Å². The number of amides is 1. The molecule has 0 bridgehead atoms. The molecule has 92 valence electrons. The first kappa shape index (κ1) is 12.6. The summed E-state index contributed by atoms with van der Waals surface area (Å²) in [7, 11) is 0. The zero-order chi connectivity index (χ0) is 13.1. The molecule has 2 aromatic rings. The van der Waals surface area contributed by atoms with Crippen LogP contribution in [0, 0.1) is 5.82 Å². The quantitative estimate of drug-likeness (QED) is 0.891. The SMILES string of the molecule is O=C(Nc1ccc(Br)cc1)c1cc(F)ccc1O. The van der Waals surface area contributed by atoms with Crippen LogP contribution in [0.25, 0.3) is 0 Å². The van der Waals surface area contributed by atoms with Gasteiger partial charge >= 0.3 is 0 Å². The molecular formula is C13H9BrFNO2. The number of benzene rings is 2. The number of carbonyl (C=O) groups is 1. The second-order valence-electron chi connectivity index (χ2n) is 3.62. The minimum Gasteiger partial charge on any atom is -0.507 e. The van der Waals surface area contributed by atoms with Crippen molar-refractivity contribution in [3.8, 4) is 5.75 Å². The summed E-state index contributed by atoms with van der Waals surface area (Å²) in [6.07, 6.45) is 0. The molecule has 5 heteroatoms. The minimum absolute atomic E-state index is 0.0991. The van der Waals surface area contributed by atoms with E-state index in [0.717, 1.165) is 22.7 Å². The van der Waals surface area contributed by atoms with Crippen LogP contribution in [0.5, 0.6) is 5.75 Å². The van der Waals surface area contributed by atoms with Gasteiger partial charge in [0.15, 0.2) is 0 Å². The molecule has 0 aliphatic heterocycles. The van der Waals surface area contributed by atoms with Crippen molar-refractivity contribution in [2.75, 3.05) is 5.32 Å². The number of hydrogen-bond acceptors (Lipinski definition) is 2. The number of rotatable bonds is 2. The average molecular weight is 310 g/mol. The fourth-order valence-electron chi connectivity index (χ4n) is 1.42. The topological polar surface area (TPSA) is 49.3 Å². The van der Waals surface area contributed by atoms with Gasteiger partial charge in [0, 0.05) is 10.2 Å². The predicted molar refractivity (Wildman–Crippen MR) is 70.2 cm³/mol. The lowest BCUT2D eigenvalue weighted by Gasteiger charge is -2.07. The van der Waals surface area contributed by atoms with Crippen molar-refractivity contribution >= 4 is 27.5 Å². The lowest BCUT2D eigenvalue weighted by atomic mass is 10.1. The van der Waals surface area contributed by atoms with Crippen LogP contribution in [0.1, 0.15) is 10.4 Å². The lowest BCUT2D eigenvalue weighted by Crippen LogP contribution is -2.12. The Morgan fingerprint density at radius 1 is 1.17 bits per heavy atom. The number of halogens is 2. The maximum absolute atomic E-state index is 13.0. The summed E-state index contributed by atoms with van der Waals surface area (Å²) >= 11 is 3.28. The van der Waals surface area contributed by atoms with Gasteiger partial charge in [-0.05, 0) is 42.5 Å². The molecule has 3 nitrogen and oxygen atoms in total. The molecule has 0 heterocycles. The molecule has 0 radical (unpaired) electrons. The van der Waals surface area contributed by atoms with Crippen molar-refractivity contribution < 1.29 is 14.3 Å². The number of phenolic OH excluding ortho intramolecular Hbond substituents is 1. The van der Waals surface area contributed by atoms with Crippen LogP contribution in [0.4, 0.5) is 10.1 Å². The van der Waals surface area contributed by atoms with Crippen molar-refractivity contribution in [1.29, 1.82) is 0 Å². The number of aromatic hydroxyl groups is 1. The lowest BCUT2D eigenvalue weighted by molar-refractivity contribution is 0.102. The van der Waals surface area contributed by atoms with Gasteiger partial charge in [-0.3, -0.25) is 4.79 Å². The Hall–Kier alpha value is -1.88. The van der Waals surface area contributed by atoms with E-state index in [1.165, 1.54) is 0 Å². The Morgan fingerprint density at radius 2 is 1.83 bits per heavy atom. The molecular weight excluding hydrogens is 301 g/mol. The van der Waals surface area contributed by atoms with E-state index in [9.17, 15) is 14.3 Å². The summed E-state index contributed by atoms with van der Waals surface area (Å²) in [5, 5.41) is 12.1. The molecule has 1 amide bonds. The summed E-state index contributed by atoms with van der Waals surface area (Å²) in [5.41, 5.74) is 0.463. The van der Waals surface area contributed by atoms with Crippen LogP contribution in [0.3, 0.4) is 0 Å². The largest absolute Gasteiger partial charge is 0.507 e. The number of hydrogen-bond donors (Lipinski definition) is 2. The Balaban J connectivity index is 2.21. The second-order valence-corrected chi connectivity index (χ2v) is 4.54. The monoisotopic (exact) mass is 309 g/mol. The third-order valence-corrected chi connectivity index (χ3v) is 2.83. The molecule has 0 aliphatic carbocycles. The molecule has 0 spiro atoms. The van der Waals surface area contributed by atoms with E-state index < -0.39 is 11.7 Å². The normalized spacial score (nSPS) is 10.1. The zero-order valence-electron chi connectivity index (χ0n) is 9.15. The van der Waals surface area contributed by atoms with Gasteiger partial charge < -0.3 is 10.4 Å². The van der Waals surface area contributed by atoms with E-state index in [2.05, 4.69) is 21.2 Å². The predicted octanol–water partition coefficient (Wildman–Crippen LogP) is 3.55. The fourth-order valence-corrected chi connectivity index (χ4v) is 1.69. The van der Waals surface area contributed by atoms with E-state index in [1.807, 2.05) is 0 Å². The van der Waals surface area contributed by atoms with Crippen molar-refractivity contribution in [3.05, 3.63) is 58.3 Å². The highest BCUT2D eigenvalue weighted by atomic mass is 79.9. The maximum Gasteiger partial charge on any atom is 0.259 e.